The zero-order valence-electron chi connectivity index (χ0n) is 28.9. The fourth-order valence-corrected chi connectivity index (χ4v) is 8.45. The van der Waals surface area contributed by atoms with Crippen molar-refractivity contribution in [1.82, 2.24) is 4.98 Å². The summed E-state index contributed by atoms with van der Waals surface area (Å²) >= 11 is 1.69. The molecule has 0 amide bonds. The lowest BCUT2D eigenvalue weighted by Crippen LogP contribution is -2.33. The van der Waals surface area contributed by atoms with Gasteiger partial charge in [-0.1, -0.05) is 54.6 Å². The number of carbonyl (C=O) groups excluding carboxylic acids is 4. The number of carbonyl (C=O) groups is 4. The zero-order valence-corrected chi connectivity index (χ0v) is 29.7. The van der Waals surface area contributed by atoms with Crippen molar-refractivity contribution < 1.29 is 23.9 Å². The molecule has 1 aliphatic rings. The Morgan fingerprint density at radius 1 is 0.878 bits per heavy atom. The molecular formula is C42H51NO5S. The fourth-order valence-electron chi connectivity index (χ4n) is 7.72. The van der Waals surface area contributed by atoms with Crippen LogP contribution in [0.1, 0.15) is 93.6 Å². The van der Waals surface area contributed by atoms with E-state index < -0.39 is 5.92 Å². The summed E-state index contributed by atoms with van der Waals surface area (Å²) in [7, 11) is 0. The number of thiophene rings is 1. The third-order valence-corrected chi connectivity index (χ3v) is 11.1. The normalized spacial score (nSPS) is 19.0. The lowest BCUT2D eigenvalue weighted by molar-refractivity contribution is -0.144. The molecule has 49 heavy (non-hydrogen) atoms. The minimum atomic E-state index is -0.470. The predicted molar refractivity (Wildman–Crippen MR) is 197 cm³/mol. The van der Waals surface area contributed by atoms with Crippen molar-refractivity contribution in [1.29, 1.82) is 0 Å². The monoisotopic (exact) mass is 681 g/mol. The van der Waals surface area contributed by atoms with Gasteiger partial charge in [-0.25, -0.2) is 0 Å². The third kappa shape index (κ3) is 11.4. The molecule has 0 radical (unpaired) electrons. The maximum Gasteiger partial charge on any atom is 0.306 e. The summed E-state index contributed by atoms with van der Waals surface area (Å²) in [4.78, 5) is 58.5. The van der Waals surface area contributed by atoms with Crippen LogP contribution in [0.15, 0.2) is 78.3 Å². The number of aryl methyl sites for hydroxylation is 3. The van der Waals surface area contributed by atoms with Gasteiger partial charge in [-0.15, -0.1) is 11.3 Å². The molecule has 0 bridgehead atoms. The number of ether oxygens (including phenoxy) is 1. The topological polar surface area (TPSA) is 93.3 Å². The van der Waals surface area contributed by atoms with E-state index in [-0.39, 0.29) is 60.3 Å². The van der Waals surface area contributed by atoms with Crippen LogP contribution in [-0.2, 0) is 43.2 Å². The van der Waals surface area contributed by atoms with Crippen molar-refractivity contribution in [3.8, 4) is 0 Å². The van der Waals surface area contributed by atoms with Gasteiger partial charge in [-0.3, -0.25) is 19.2 Å². The molecule has 2 aromatic carbocycles. The van der Waals surface area contributed by atoms with Crippen molar-refractivity contribution in [2.45, 2.75) is 96.8 Å². The molecule has 0 saturated heterocycles. The number of Topliss-reactive ketones (excluding diaryl/α,β-unsaturated/α-hetero) is 3. The number of fused-ring (bicyclic) bond motifs is 1. The molecule has 1 aliphatic carbocycles. The molecule has 2 heterocycles. The van der Waals surface area contributed by atoms with E-state index in [4.69, 9.17) is 4.74 Å². The SMILES string of the molecule is CCOC(=O)CC(CCCc1c[nH]c2ccccc12)CC(=O)CC1C(=O)CC(CCCc2ccccc2)CC(=O)CC1CCc1cccs1. The number of para-hydroxylation sites is 1. The van der Waals surface area contributed by atoms with Crippen LogP contribution in [0.2, 0.25) is 0 Å². The predicted octanol–water partition coefficient (Wildman–Crippen LogP) is 9.30. The molecule has 2 aromatic heterocycles. The first kappa shape index (κ1) is 36.4. The Labute approximate surface area is 295 Å². The van der Waals surface area contributed by atoms with Crippen LogP contribution in [0.5, 0.6) is 0 Å². The average Bonchev–Trinajstić information content (AvgIpc) is 3.76. The van der Waals surface area contributed by atoms with Gasteiger partial charge in [0.25, 0.3) is 0 Å². The smallest absolute Gasteiger partial charge is 0.306 e. The highest BCUT2D eigenvalue weighted by Crippen LogP contribution is 2.35. The number of aromatic nitrogens is 1. The van der Waals surface area contributed by atoms with Gasteiger partial charge in [0.05, 0.1) is 6.61 Å². The number of hydrogen-bond acceptors (Lipinski definition) is 6. The summed E-state index contributed by atoms with van der Waals surface area (Å²) in [5.41, 5.74) is 3.60. The van der Waals surface area contributed by atoms with Crippen molar-refractivity contribution in [3.63, 3.8) is 0 Å². The van der Waals surface area contributed by atoms with Crippen molar-refractivity contribution in [3.05, 3.63) is 94.3 Å². The summed E-state index contributed by atoms with van der Waals surface area (Å²) in [5.74, 6) is -0.699. The van der Waals surface area contributed by atoms with Crippen LogP contribution in [0.3, 0.4) is 0 Å². The van der Waals surface area contributed by atoms with Gasteiger partial charge in [-0.05, 0) is 105 Å². The molecule has 0 aliphatic heterocycles. The Hall–Kier alpha value is -3.84. The molecule has 4 unspecified atom stereocenters. The van der Waals surface area contributed by atoms with E-state index in [0.29, 0.717) is 38.7 Å². The first-order chi connectivity index (χ1) is 23.9. The van der Waals surface area contributed by atoms with E-state index in [1.165, 1.54) is 21.4 Å². The van der Waals surface area contributed by atoms with Gasteiger partial charge in [-0.2, -0.15) is 0 Å². The first-order valence-corrected chi connectivity index (χ1v) is 19.1. The lowest BCUT2D eigenvalue weighted by Gasteiger charge is -2.30. The number of H-pyrrole nitrogens is 1. The molecule has 1 N–H and O–H groups in total. The number of rotatable bonds is 18. The number of hydrogen-bond donors (Lipinski definition) is 1. The van der Waals surface area contributed by atoms with Crippen LogP contribution >= 0.6 is 11.3 Å². The van der Waals surface area contributed by atoms with E-state index in [1.807, 2.05) is 48.0 Å². The summed E-state index contributed by atoms with van der Waals surface area (Å²) in [5, 5.41) is 3.25. The summed E-state index contributed by atoms with van der Waals surface area (Å²) in [6, 6.07) is 22.7. The Balaban J connectivity index is 1.24. The maximum atomic E-state index is 14.0. The van der Waals surface area contributed by atoms with Gasteiger partial charge >= 0.3 is 5.97 Å². The molecule has 1 fully saturated rings. The Bertz CT molecular complexity index is 1640. The minimum absolute atomic E-state index is 0.00881. The third-order valence-electron chi connectivity index (χ3n) is 10.2. The van der Waals surface area contributed by atoms with Crippen molar-refractivity contribution >= 4 is 45.6 Å². The fraction of sp³-hybridized carbons (Fsp3) is 0.476. The van der Waals surface area contributed by atoms with Gasteiger partial charge in [0, 0.05) is 66.4 Å². The van der Waals surface area contributed by atoms with Crippen LogP contribution in [0.25, 0.3) is 10.9 Å². The Kier molecular flexibility index (Phi) is 14.0. The molecule has 6 nitrogen and oxygen atoms in total. The van der Waals surface area contributed by atoms with Crippen LogP contribution in [0.4, 0.5) is 0 Å². The zero-order chi connectivity index (χ0) is 34.4. The molecule has 7 heteroatoms. The van der Waals surface area contributed by atoms with Gasteiger partial charge in [0.2, 0.25) is 0 Å². The van der Waals surface area contributed by atoms with Crippen LogP contribution < -0.4 is 0 Å². The number of esters is 1. The Morgan fingerprint density at radius 2 is 1.69 bits per heavy atom. The second-order valence-corrected chi connectivity index (χ2v) is 15.0. The van der Waals surface area contributed by atoms with E-state index in [1.54, 1.807) is 18.3 Å². The van der Waals surface area contributed by atoms with E-state index in [2.05, 4.69) is 35.3 Å². The first-order valence-electron chi connectivity index (χ1n) is 18.2. The van der Waals surface area contributed by atoms with Gasteiger partial charge < -0.3 is 9.72 Å². The quantitative estimate of drug-likeness (QED) is 0.106. The summed E-state index contributed by atoms with van der Waals surface area (Å²) < 4.78 is 5.28. The largest absolute Gasteiger partial charge is 0.466 e. The molecule has 260 valence electrons. The summed E-state index contributed by atoms with van der Waals surface area (Å²) in [6.45, 7) is 2.10. The molecule has 4 aromatic rings. The highest BCUT2D eigenvalue weighted by molar-refractivity contribution is 7.09. The molecular weight excluding hydrogens is 631 g/mol. The average molecular weight is 682 g/mol. The molecule has 5 rings (SSSR count). The molecule has 4 atom stereocenters. The minimum Gasteiger partial charge on any atom is -0.466 e. The second-order valence-electron chi connectivity index (χ2n) is 13.9. The summed E-state index contributed by atoms with van der Waals surface area (Å²) in [6.07, 6.45) is 10.3. The lowest BCUT2D eigenvalue weighted by atomic mass is 9.72. The Morgan fingerprint density at radius 3 is 2.49 bits per heavy atom. The number of aromatic amines is 1. The van der Waals surface area contributed by atoms with Crippen molar-refractivity contribution in [2.75, 3.05) is 6.61 Å². The highest BCUT2D eigenvalue weighted by Gasteiger charge is 2.36. The van der Waals surface area contributed by atoms with Gasteiger partial charge in [0.15, 0.2) is 0 Å². The molecule has 1 saturated carbocycles. The van der Waals surface area contributed by atoms with Crippen LogP contribution in [-0.4, -0.2) is 34.9 Å². The highest BCUT2D eigenvalue weighted by atomic mass is 32.1. The van der Waals surface area contributed by atoms with Gasteiger partial charge in [0.1, 0.15) is 17.3 Å². The molecule has 0 spiro atoms. The van der Waals surface area contributed by atoms with Crippen LogP contribution in [0, 0.1) is 23.7 Å². The number of benzene rings is 2. The maximum absolute atomic E-state index is 14.0. The van der Waals surface area contributed by atoms with E-state index in [9.17, 15) is 19.2 Å². The van der Waals surface area contributed by atoms with E-state index in [0.717, 1.165) is 44.0 Å². The van der Waals surface area contributed by atoms with Crippen molar-refractivity contribution in [2.24, 2.45) is 23.7 Å². The standard InChI is InChI=1S/C42H51NO5S/c1-2-48-42(47)26-32(15-9-16-34-29-43-40-19-7-6-18-38(34)40)24-36(45)28-39-33(20-21-37-17-10-22-49-37)27-35(44)23-31(25-41(39)46)14-8-13-30-11-4-3-5-12-30/h3-7,10-12,17-19,22,29,31-33,39,43H,2,8-9,13-16,20-21,23-28H2,1H3. The number of nitrogens with one attached hydrogen (secondary N) is 1. The number of ketones is 3. The van der Waals surface area contributed by atoms with E-state index >= 15 is 0 Å². The second kappa shape index (κ2) is 18.8.